The number of aliphatic hydroxyl groups excluding tert-OH is 2. The van der Waals surface area contributed by atoms with Gasteiger partial charge in [0.15, 0.2) is 9.84 Å². The first kappa shape index (κ1) is 22.5. The zero-order valence-electron chi connectivity index (χ0n) is 16.1. The quantitative estimate of drug-likeness (QED) is 0.475. The van der Waals surface area contributed by atoms with E-state index in [0.29, 0.717) is 6.42 Å². The molecule has 0 spiro atoms. The van der Waals surface area contributed by atoms with Gasteiger partial charge in [-0.05, 0) is 37.5 Å². The van der Waals surface area contributed by atoms with Gasteiger partial charge in [0.25, 0.3) is 0 Å². The molecule has 7 heteroatoms. The average molecular weight is 407 g/mol. The molecular weight excluding hydrogens is 376 g/mol. The fourth-order valence-electron chi connectivity index (χ4n) is 3.47. The first-order chi connectivity index (χ1) is 13.1. The minimum absolute atomic E-state index is 0.0685. The van der Waals surface area contributed by atoms with Crippen molar-refractivity contribution in [3.05, 3.63) is 66.2 Å². The Morgan fingerprint density at radius 1 is 0.964 bits per heavy atom. The summed E-state index contributed by atoms with van der Waals surface area (Å²) in [7, 11) is -3.97. The largest absolute Gasteiger partial charge is 0.393 e. The molecule has 0 aliphatic rings. The second-order valence-electron chi connectivity index (χ2n) is 7.48. The Morgan fingerprint density at radius 2 is 1.50 bits per heavy atom. The van der Waals surface area contributed by atoms with Crippen LogP contribution in [0.1, 0.15) is 31.7 Å². The van der Waals surface area contributed by atoms with Gasteiger partial charge >= 0.3 is 0 Å². The SMILES string of the molecule is CC(O)CC(N)(CC(O)CC(N)Cc1ccccc1)S(=O)(=O)c1ccccc1. The Balaban J connectivity index is 2.14. The maximum atomic E-state index is 13.1. The lowest BCUT2D eigenvalue weighted by atomic mass is 9.96. The van der Waals surface area contributed by atoms with E-state index in [1.807, 2.05) is 30.3 Å². The van der Waals surface area contributed by atoms with E-state index in [1.165, 1.54) is 19.1 Å². The summed E-state index contributed by atoms with van der Waals surface area (Å²) in [4.78, 5) is -1.73. The Kier molecular flexibility index (Phi) is 7.74. The van der Waals surface area contributed by atoms with Crippen LogP contribution < -0.4 is 11.5 Å². The van der Waals surface area contributed by atoms with Gasteiger partial charge in [0.2, 0.25) is 0 Å². The average Bonchev–Trinajstić information content (AvgIpc) is 2.62. The molecule has 0 radical (unpaired) electrons. The topological polar surface area (TPSA) is 127 Å². The van der Waals surface area contributed by atoms with E-state index >= 15 is 0 Å². The number of nitrogens with two attached hydrogens (primary N) is 2. The van der Waals surface area contributed by atoms with Crippen molar-refractivity contribution in [1.29, 1.82) is 0 Å². The normalized spacial score (nSPS) is 17.5. The molecule has 2 rings (SSSR count). The number of benzene rings is 2. The van der Waals surface area contributed by atoms with Gasteiger partial charge in [0.1, 0.15) is 4.87 Å². The number of rotatable bonds is 10. The van der Waals surface area contributed by atoms with Crippen LogP contribution in [-0.2, 0) is 16.3 Å². The number of hydrogen-bond acceptors (Lipinski definition) is 6. The lowest BCUT2D eigenvalue weighted by molar-refractivity contribution is 0.109. The van der Waals surface area contributed by atoms with E-state index in [2.05, 4.69) is 0 Å². The Hall–Kier alpha value is -1.77. The van der Waals surface area contributed by atoms with Crippen LogP contribution in [0.4, 0.5) is 0 Å². The molecule has 4 atom stereocenters. The van der Waals surface area contributed by atoms with Crippen LogP contribution >= 0.6 is 0 Å². The van der Waals surface area contributed by atoms with Crippen molar-refractivity contribution in [3.8, 4) is 0 Å². The summed E-state index contributed by atoms with van der Waals surface area (Å²) in [6.07, 6.45) is -1.57. The molecule has 0 aliphatic carbocycles. The van der Waals surface area contributed by atoms with Crippen molar-refractivity contribution in [1.82, 2.24) is 0 Å². The molecule has 2 aromatic rings. The van der Waals surface area contributed by atoms with Crippen molar-refractivity contribution in [2.24, 2.45) is 11.5 Å². The number of hydrogen-bond donors (Lipinski definition) is 4. The lowest BCUT2D eigenvalue weighted by Gasteiger charge is -2.33. The standard InChI is InChI=1S/C21H30N2O4S/c1-16(24)14-21(23,28(26,27)20-10-6-3-7-11-20)15-19(25)13-18(22)12-17-8-4-2-5-9-17/h2-11,16,18-19,24-25H,12-15,22-23H2,1H3. The van der Waals surface area contributed by atoms with Gasteiger partial charge in [-0.15, -0.1) is 0 Å². The number of sulfone groups is 1. The molecule has 0 aliphatic heterocycles. The van der Waals surface area contributed by atoms with E-state index in [4.69, 9.17) is 11.5 Å². The molecule has 0 fully saturated rings. The van der Waals surface area contributed by atoms with Gasteiger partial charge in [0, 0.05) is 18.9 Å². The highest BCUT2D eigenvalue weighted by molar-refractivity contribution is 7.92. The Labute approximate surface area is 167 Å². The molecule has 0 heterocycles. The van der Waals surface area contributed by atoms with E-state index in [9.17, 15) is 18.6 Å². The van der Waals surface area contributed by atoms with Crippen LogP contribution in [0, 0.1) is 0 Å². The summed E-state index contributed by atoms with van der Waals surface area (Å²) < 4.78 is 26.2. The van der Waals surface area contributed by atoms with Crippen molar-refractivity contribution < 1.29 is 18.6 Å². The maximum Gasteiger partial charge on any atom is 0.197 e. The predicted octanol–water partition coefficient (Wildman–Crippen LogP) is 1.60. The van der Waals surface area contributed by atoms with Crippen LogP contribution in [0.5, 0.6) is 0 Å². The molecular formula is C21H30N2O4S. The summed E-state index contributed by atoms with van der Waals surface area (Å²) in [5.41, 5.74) is 13.5. The maximum absolute atomic E-state index is 13.1. The fraction of sp³-hybridized carbons (Fsp3) is 0.429. The summed E-state index contributed by atoms with van der Waals surface area (Å²) in [6.45, 7) is 1.48. The van der Waals surface area contributed by atoms with E-state index in [-0.39, 0.29) is 30.2 Å². The van der Waals surface area contributed by atoms with E-state index in [0.717, 1.165) is 5.56 Å². The Bertz CT molecular complexity index is 828. The molecule has 0 saturated heterocycles. The third-order valence-corrected chi connectivity index (χ3v) is 7.02. The highest BCUT2D eigenvalue weighted by Crippen LogP contribution is 2.31. The van der Waals surface area contributed by atoms with Crippen molar-refractivity contribution >= 4 is 9.84 Å². The third-order valence-electron chi connectivity index (χ3n) is 4.73. The van der Waals surface area contributed by atoms with Gasteiger partial charge in [-0.1, -0.05) is 48.5 Å². The van der Waals surface area contributed by atoms with Crippen molar-refractivity contribution in [3.63, 3.8) is 0 Å². The first-order valence-corrected chi connectivity index (χ1v) is 10.9. The van der Waals surface area contributed by atoms with Crippen LogP contribution in [0.3, 0.4) is 0 Å². The highest BCUT2D eigenvalue weighted by atomic mass is 32.2. The minimum Gasteiger partial charge on any atom is -0.393 e. The second kappa shape index (κ2) is 9.62. The zero-order valence-corrected chi connectivity index (χ0v) is 16.9. The zero-order chi connectivity index (χ0) is 20.8. The van der Waals surface area contributed by atoms with Gasteiger partial charge in [-0.3, -0.25) is 0 Å². The highest BCUT2D eigenvalue weighted by Gasteiger charge is 2.43. The van der Waals surface area contributed by atoms with Gasteiger partial charge in [-0.25, -0.2) is 8.42 Å². The van der Waals surface area contributed by atoms with Gasteiger partial charge in [0.05, 0.1) is 17.1 Å². The summed E-state index contributed by atoms with van der Waals surface area (Å²) in [5, 5.41) is 20.4. The van der Waals surface area contributed by atoms with Crippen molar-refractivity contribution in [2.75, 3.05) is 0 Å². The summed E-state index contributed by atoms with van der Waals surface area (Å²) in [6, 6.07) is 17.2. The Morgan fingerprint density at radius 3 is 2.04 bits per heavy atom. The van der Waals surface area contributed by atoms with E-state index < -0.39 is 26.9 Å². The van der Waals surface area contributed by atoms with Crippen LogP contribution in [0.25, 0.3) is 0 Å². The molecule has 0 aromatic heterocycles. The van der Waals surface area contributed by atoms with Gasteiger partial charge in [-0.2, -0.15) is 0 Å². The molecule has 6 N–H and O–H groups in total. The molecule has 0 bridgehead atoms. The molecule has 0 saturated carbocycles. The summed E-state index contributed by atoms with van der Waals surface area (Å²) in [5.74, 6) is 0. The smallest absolute Gasteiger partial charge is 0.197 e. The monoisotopic (exact) mass is 406 g/mol. The summed E-state index contributed by atoms with van der Waals surface area (Å²) >= 11 is 0. The fourth-order valence-corrected chi connectivity index (χ4v) is 5.33. The predicted molar refractivity (Wildman–Crippen MR) is 110 cm³/mol. The molecule has 6 nitrogen and oxygen atoms in total. The molecule has 4 unspecified atom stereocenters. The lowest BCUT2D eigenvalue weighted by Crippen LogP contribution is -2.52. The minimum atomic E-state index is -3.97. The van der Waals surface area contributed by atoms with Crippen molar-refractivity contribution in [2.45, 2.75) is 60.6 Å². The molecule has 154 valence electrons. The second-order valence-corrected chi connectivity index (χ2v) is 9.77. The first-order valence-electron chi connectivity index (χ1n) is 9.38. The number of aliphatic hydroxyl groups is 2. The van der Waals surface area contributed by atoms with E-state index in [1.54, 1.807) is 18.2 Å². The molecule has 28 heavy (non-hydrogen) atoms. The third kappa shape index (κ3) is 5.86. The van der Waals surface area contributed by atoms with Crippen LogP contribution in [0.15, 0.2) is 65.6 Å². The molecule has 0 amide bonds. The molecule has 2 aromatic carbocycles. The van der Waals surface area contributed by atoms with Gasteiger partial charge < -0.3 is 21.7 Å². The van der Waals surface area contributed by atoms with Crippen LogP contribution in [-0.4, -0.2) is 41.8 Å². The van der Waals surface area contributed by atoms with Crippen LogP contribution in [0.2, 0.25) is 0 Å².